The average Bonchev–Trinajstić information content (AvgIpc) is 3.03. The van der Waals surface area contributed by atoms with Crippen molar-refractivity contribution in [1.82, 2.24) is 4.98 Å². The summed E-state index contributed by atoms with van der Waals surface area (Å²) >= 11 is 4.80. The lowest BCUT2D eigenvalue weighted by molar-refractivity contribution is 0.627. The molecule has 23 heavy (non-hydrogen) atoms. The molecule has 2 nitrogen and oxygen atoms in total. The first-order valence-corrected chi connectivity index (χ1v) is 8.42. The summed E-state index contributed by atoms with van der Waals surface area (Å²) in [4.78, 5) is 4.52. The summed E-state index contributed by atoms with van der Waals surface area (Å²) in [5, 5.41) is 11.9. The molecule has 0 atom stereocenters. The van der Waals surface area contributed by atoms with E-state index in [2.05, 4.69) is 27.0 Å². The van der Waals surface area contributed by atoms with Crippen molar-refractivity contribution in [3.63, 3.8) is 0 Å². The lowest BCUT2D eigenvalue weighted by Gasteiger charge is -1.97. The second-order valence-electron chi connectivity index (χ2n) is 4.77. The second kappa shape index (κ2) is 6.86. The SMILES string of the molecule is N#CC(=Cc1cccc(F)c1)c1nc(-c2ccc(Br)cc2)cs1. The first-order valence-electron chi connectivity index (χ1n) is 6.75. The lowest BCUT2D eigenvalue weighted by atomic mass is 10.1. The highest BCUT2D eigenvalue weighted by Crippen LogP contribution is 2.28. The smallest absolute Gasteiger partial charge is 0.134 e. The van der Waals surface area contributed by atoms with E-state index in [4.69, 9.17) is 0 Å². The summed E-state index contributed by atoms with van der Waals surface area (Å²) < 4.78 is 14.3. The number of halogens is 2. The van der Waals surface area contributed by atoms with Crippen molar-refractivity contribution in [2.24, 2.45) is 0 Å². The van der Waals surface area contributed by atoms with E-state index in [1.165, 1.54) is 23.5 Å². The molecule has 0 radical (unpaired) electrons. The Balaban J connectivity index is 1.94. The molecule has 0 unspecified atom stereocenters. The number of rotatable bonds is 3. The Hall–Kier alpha value is -2.29. The third kappa shape index (κ3) is 3.73. The third-order valence-electron chi connectivity index (χ3n) is 3.15. The quantitative estimate of drug-likeness (QED) is 0.536. The molecule has 2 aromatic carbocycles. The van der Waals surface area contributed by atoms with Crippen LogP contribution in [0.2, 0.25) is 0 Å². The molecule has 0 N–H and O–H groups in total. The van der Waals surface area contributed by atoms with Crippen LogP contribution in [0.1, 0.15) is 10.6 Å². The molecule has 112 valence electrons. The molecule has 0 aliphatic rings. The van der Waals surface area contributed by atoms with Crippen LogP contribution in [0.25, 0.3) is 22.9 Å². The van der Waals surface area contributed by atoms with Gasteiger partial charge in [0, 0.05) is 15.4 Å². The fourth-order valence-corrected chi connectivity index (χ4v) is 3.11. The molecule has 1 heterocycles. The normalized spacial score (nSPS) is 11.3. The topological polar surface area (TPSA) is 36.7 Å². The lowest BCUT2D eigenvalue weighted by Crippen LogP contribution is -1.83. The van der Waals surface area contributed by atoms with Crippen LogP contribution < -0.4 is 0 Å². The van der Waals surface area contributed by atoms with E-state index in [0.29, 0.717) is 16.1 Å². The third-order valence-corrected chi connectivity index (χ3v) is 4.56. The number of nitriles is 1. The number of thiazole rings is 1. The van der Waals surface area contributed by atoms with E-state index in [1.54, 1.807) is 18.2 Å². The van der Waals surface area contributed by atoms with Crippen LogP contribution in [-0.4, -0.2) is 4.98 Å². The second-order valence-corrected chi connectivity index (χ2v) is 6.54. The van der Waals surface area contributed by atoms with Crippen molar-refractivity contribution in [1.29, 1.82) is 5.26 Å². The number of hydrogen-bond acceptors (Lipinski definition) is 3. The standard InChI is InChI=1S/C18H10BrFN2S/c19-15-6-4-13(5-7-15)17-11-23-18(22-17)14(10-21)8-12-2-1-3-16(20)9-12/h1-9,11H. The van der Waals surface area contributed by atoms with Crippen molar-refractivity contribution in [2.75, 3.05) is 0 Å². The van der Waals surface area contributed by atoms with Gasteiger partial charge >= 0.3 is 0 Å². The molecule has 0 amide bonds. The van der Waals surface area contributed by atoms with E-state index >= 15 is 0 Å². The molecule has 3 rings (SSSR count). The monoisotopic (exact) mass is 384 g/mol. The van der Waals surface area contributed by atoms with Gasteiger partial charge in [0.15, 0.2) is 0 Å². The van der Waals surface area contributed by atoms with Gasteiger partial charge in [-0.15, -0.1) is 11.3 Å². The van der Waals surface area contributed by atoms with Gasteiger partial charge in [-0.05, 0) is 35.9 Å². The molecule has 3 aromatic rings. The number of benzene rings is 2. The van der Waals surface area contributed by atoms with Crippen LogP contribution in [0, 0.1) is 17.1 Å². The minimum atomic E-state index is -0.328. The number of allylic oxidation sites excluding steroid dienone is 1. The number of hydrogen-bond donors (Lipinski definition) is 0. The number of aromatic nitrogens is 1. The zero-order valence-corrected chi connectivity index (χ0v) is 14.2. The van der Waals surface area contributed by atoms with Crippen molar-refractivity contribution >= 4 is 38.9 Å². The highest BCUT2D eigenvalue weighted by Gasteiger charge is 2.09. The van der Waals surface area contributed by atoms with Gasteiger partial charge in [0.25, 0.3) is 0 Å². The Bertz CT molecular complexity index is 907. The Morgan fingerprint density at radius 1 is 1.22 bits per heavy atom. The van der Waals surface area contributed by atoms with E-state index in [0.717, 1.165) is 15.7 Å². The van der Waals surface area contributed by atoms with Gasteiger partial charge in [-0.25, -0.2) is 9.37 Å². The van der Waals surface area contributed by atoms with E-state index in [-0.39, 0.29) is 5.82 Å². The van der Waals surface area contributed by atoms with Crippen LogP contribution in [-0.2, 0) is 0 Å². The molecule has 0 aliphatic heterocycles. The summed E-state index contributed by atoms with van der Waals surface area (Å²) in [5.41, 5.74) is 2.86. The number of nitrogens with zero attached hydrogens (tertiary/aromatic N) is 2. The Labute approximate surface area is 145 Å². The van der Waals surface area contributed by atoms with Crippen LogP contribution in [0.3, 0.4) is 0 Å². The van der Waals surface area contributed by atoms with Gasteiger partial charge in [0.2, 0.25) is 0 Å². The molecule has 0 saturated carbocycles. The van der Waals surface area contributed by atoms with Gasteiger partial charge in [-0.3, -0.25) is 0 Å². The minimum Gasteiger partial charge on any atom is -0.235 e. The summed E-state index contributed by atoms with van der Waals surface area (Å²) in [6.45, 7) is 0. The molecule has 1 aromatic heterocycles. The Kier molecular flexibility index (Phi) is 4.65. The molecule has 5 heteroatoms. The average molecular weight is 385 g/mol. The highest BCUT2D eigenvalue weighted by molar-refractivity contribution is 9.10. The van der Waals surface area contributed by atoms with E-state index < -0.39 is 0 Å². The van der Waals surface area contributed by atoms with Gasteiger partial charge in [0.1, 0.15) is 16.9 Å². The summed E-state index contributed by atoms with van der Waals surface area (Å²) in [6.07, 6.45) is 1.65. The Morgan fingerprint density at radius 2 is 2.00 bits per heavy atom. The van der Waals surface area contributed by atoms with Crippen molar-refractivity contribution in [3.05, 3.63) is 74.8 Å². The fraction of sp³-hybridized carbons (Fsp3) is 0. The predicted molar refractivity (Wildman–Crippen MR) is 95.1 cm³/mol. The molecule has 0 fully saturated rings. The van der Waals surface area contributed by atoms with Crippen LogP contribution in [0.15, 0.2) is 58.4 Å². The largest absolute Gasteiger partial charge is 0.235 e. The zero-order chi connectivity index (χ0) is 16.2. The molecule has 0 saturated heterocycles. The van der Waals surface area contributed by atoms with Crippen LogP contribution in [0.4, 0.5) is 4.39 Å². The minimum absolute atomic E-state index is 0.328. The molecule has 0 spiro atoms. The molecular weight excluding hydrogens is 375 g/mol. The van der Waals surface area contributed by atoms with Gasteiger partial charge in [0.05, 0.1) is 11.3 Å². The van der Waals surface area contributed by atoms with Crippen LogP contribution >= 0.6 is 27.3 Å². The van der Waals surface area contributed by atoms with E-state index in [9.17, 15) is 9.65 Å². The zero-order valence-electron chi connectivity index (χ0n) is 11.8. The van der Waals surface area contributed by atoms with Gasteiger partial charge in [-0.2, -0.15) is 5.26 Å². The van der Waals surface area contributed by atoms with Crippen molar-refractivity contribution in [2.45, 2.75) is 0 Å². The summed E-state index contributed by atoms with van der Waals surface area (Å²) in [5.74, 6) is -0.328. The molecular formula is C18H10BrFN2S. The van der Waals surface area contributed by atoms with Gasteiger partial charge in [-0.1, -0.05) is 40.2 Å². The summed E-state index contributed by atoms with van der Waals surface area (Å²) in [6, 6.07) is 16.1. The maximum atomic E-state index is 13.3. The van der Waals surface area contributed by atoms with Crippen molar-refractivity contribution in [3.8, 4) is 17.3 Å². The summed E-state index contributed by atoms with van der Waals surface area (Å²) in [7, 11) is 0. The first kappa shape index (κ1) is 15.6. The Morgan fingerprint density at radius 3 is 2.70 bits per heavy atom. The molecule has 0 bridgehead atoms. The van der Waals surface area contributed by atoms with Gasteiger partial charge < -0.3 is 0 Å². The van der Waals surface area contributed by atoms with Crippen molar-refractivity contribution < 1.29 is 4.39 Å². The van der Waals surface area contributed by atoms with Crippen LogP contribution in [0.5, 0.6) is 0 Å². The molecule has 0 aliphatic carbocycles. The highest BCUT2D eigenvalue weighted by atomic mass is 79.9. The maximum absolute atomic E-state index is 13.3. The predicted octanol–water partition coefficient (Wildman–Crippen LogP) is 5.78. The first-order chi connectivity index (χ1) is 11.2. The maximum Gasteiger partial charge on any atom is 0.134 e. The fourth-order valence-electron chi connectivity index (χ4n) is 2.06. The van der Waals surface area contributed by atoms with E-state index in [1.807, 2.05) is 29.6 Å².